The van der Waals surface area contributed by atoms with Gasteiger partial charge in [0.15, 0.2) is 0 Å². The van der Waals surface area contributed by atoms with Crippen LogP contribution in [-0.2, 0) is 11.3 Å². The van der Waals surface area contributed by atoms with Crippen molar-refractivity contribution in [2.24, 2.45) is 0 Å². The molecule has 9 heteroatoms. The van der Waals surface area contributed by atoms with Gasteiger partial charge in [-0.25, -0.2) is 9.69 Å². The molecule has 1 saturated carbocycles. The number of halogens is 1. The number of imide groups is 1. The molecule has 1 N–H and O–H groups in total. The highest BCUT2D eigenvalue weighted by Crippen LogP contribution is 2.34. The van der Waals surface area contributed by atoms with Gasteiger partial charge in [0.05, 0.1) is 18.8 Å². The van der Waals surface area contributed by atoms with Gasteiger partial charge in [0.2, 0.25) is 11.8 Å². The first kappa shape index (κ1) is 21.0. The van der Waals surface area contributed by atoms with E-state index in [4.69, 9.17) is 4.42 Å². The number of hydrogen-bond acceptors (Lipinski definition) is 6. The summed E-state index contributed by atoms with van der Waals surface area (Å²) in [5, 5.41) is 11.3. The van der Waals surface area contributed by atoms with E-state index in [1.165, 1.54) is 4.90 Å². The Labute approximate surface area is 184 Å². The minimum absolute atomic E-state index is 0.0762. The average molecular weight is 476 g/mol. The second-order valence-corrected chi connectivity index (χ2v) is 9.12. The summed E-state index contributed by atoms with van der Waals surface area (Å²) >= 11 is 3.50. The van der Waals surface area contributed by atoms with E-state index in [9.17, 15) is 9.59 Å². The van der Waals surface area contributed by atoms with Crippen molar-refractivity contribution in [1.82, 2.24) is 25.3 Å². The van der Waals surface area contributed by atoms with Crippen molar-refractivity contribution in [3.8, 4) is 11.5 Å². The van der Waals surface area contributed by atoms with Crippen molar-refractivity contribution < 1.29 is 14.0 Å². The zero-order valence-electron chi connectivity index (χ0n) is 17.2. The molecule has 0 atom stereocenters. The molecule has 0 unspecified atom stereocenters. The summed E-state index contributed by atoms with van der Waals surface area (Å²) in [5.41, 5.74) is 0.107. The molecule has 160 valence electrons. The largest absolute Gasteiger partial charge is 0.419 e. The predicted molar refractivity (Wildman–Crippen MR) is 114 cm³/mol. The first-order chi connectivity index (χ1) is 14.4. The fourth-order valence-corrected chi connectivity index (χ4v) is 4.57. The molecule has 0 bridgehead atoms. The molecule has 2 aromatic rings. The first-order valence-electron chi connectivity index (χ1n) is 10.3. The molecule has 1 aromatic heterocycles. The molecule has 8 nitrogen and oxygen atoms in total. The Kier molecular flexibility index (Phi) is 5.92. The maximum atomic E-state index is 13.1. The third-order valence-corrected chi connectivity index (χ3v) is 6.61. The Morgan fingerprint density at radius 1 is 1.20 bits per heavy atom. The van der Waals surface area contributed by atoms with Crippen molar-refractivity contribution in [1.29, 1.82) is 0 Å². The van der Waals surface area contributed by atoms with Gasteiger partial charge >= 0.3 is 6.03 Å². The van der Waals surface area contributed by atoms with Crippen LogP contribution in [0.1, 0.15) is 51.8 Å². The number of carbonyl (C=O) groups is 2. The number of amides is 3. The number of nitrogens with one attached hydrogen (secondary N) is 1. The molecule has 30 heavy (non-hydrogen) atoms. The van der Waals surface area contributed by atoms with E-state index < -0.39 is 5.54 Å². The lowest BCUT2D eigenvalue weighted by Gasteiger charge is -2.32. The predicted octanol–water partition coefficient (Wildman–Crippen LogP) is 3.92. The van der Waals surface area contributed by atoms with E-state index in [0.29, 0.717) is 31.2 Å². The lowest BCUT2D eigenvalue weighted by atomic mass is 9.82. The van der Waals surface area contributed by atoms with Gasteiger partial charge in [-0.3, -0.25) is 9.69 Å². The van der Waals surface area contributed by atoms with Crippen LogP contribution in [0.3, 0.4) is 0 Å². The number of carbonyl (C=O) groups excluding carboxylic acids is 2. The lowest BCUT2D eigenvalue weighted by molar-refractivity contribution is -0.134. The van der Waals surface area contributed by atoms with Gasteiger partial charge in [-0.1, -0.05) is 31.4 Å². The molecule has 1 aromatic carbocycles. The Balaban J connectivity index is 1.48. The fourth-order valence-electron chi connectivity index (χ4n) is 4.11. The molecular formula is C21H26BrN5O3. The van der Waals surface area contributed by atoms with Crippen molar-refractivity contribution in [2.75, 3.05) is 6.67 Å². The normalized spacial score (nSPS) is 18.6. The van der Waals surface area contributed by atoms with Crippen LogP contribution < -0.4 is 5.32 Å². The Morgan fingerprint density at radius 3 is 2.63 bits per heavy atom. The first-order valence-corrected chi connectivity index (χ1v) is 11.1. The highest BCUT2D eigenvalue weighted by atomic mass is 79.9. The van der Waals surface area contributed by atoms with Crippen LogP contribution in [0, 0.1) is 0 Å². The number of urea groups is 1. The van der Waals surface area contributed by atoms with Gasteiger partial charge in [-0.05, 0) is 54.8 Å². The summed E-state index contributed by atoms with van der Waals surface area (Å²) < 4.78 is 6.73. The number of rotatable bonds is 6. The SMILES string of the molecule is CC(C)N(Cc1nnc(-c2ccccc2Br)o1)CN1C(=O)NC2(CCCCC2)C1=O. The lowest BCUT2D eigenvalue weighted by Crippen LogP contribution is -2.49. The molecule has 4 rings (SSSR count). The van der Waals surface area contributed by atoms with Gasteiger partial charge in [-0.15, -0.1) is 10.2 Å². The summed E-state index contributed by atoms with van der Waals surface area (Å²) in [5.74, 6) is 0.753. The number of benzene rings is 1. The van der Waals surface area contributed by atoms with Crippen LogP contribution >= 0.6 is 15.9 Å². The Bertz CT molecular complexity index is 938. The molecule has 1 saturated heterocycles. The van der Waals surface area contributed by atoms with E-state index in [2.05, 4.69) is 31.4 Å². The van der Waals surface area contributed by atoms with Crippen LogP contribution in [0.4, 0.5) is 4.79 Å². The van der Waals surface area contributed by atoms with Crippen LogP contribution in [0.15, 0.2) is 33.2 Å². The second-order valence-electron chi connectivity index (χ2n) is 8.27. The van der Waals surface area contributed by atoms with Gasteiger partial charge in [0.25, 0.3) is 5.91 Å². The van der Waals surface area contributed by atoms with E-state index in [0.717, 1.165) is 29.3 Å². The van der Waals surface area contributed by atoms with Crippen molar-refractivity contribution >= 4 is 27.9 Å². The van der Waals surface area contributed by atoms with Crippen LogP contribution in [0.5, 0.6) is 0 Å². The summed E-state index contributed by atoms with van der Waals surface area (Å²) in [7, 11) is 0. The third kappa shape index (κ3) is 4.00. The van der Waals surface area contributed by atoms with Crippen LogP contribution in [0.2, 0.25) is 0 Å². The maximum absolute atomic E-state index is 13.1. The highest BCUT2D eigenvalue weighted by molar-refractivity contribution is 9.10. The maximum Gasteiger partial charge on any atom is 0.326 e. The zero-order chi connectivity index (χ0) is 21.3. The molecular weight excluding hydrogens is 450 g/mol. The average Bonchev–Trinajstić information content (AvgIpc) is 3.27. The standard InChI is InChI=1S/C21H26BrN5O3/c1-14(2)26(12-17-24-25-18(30-17)15-8-4-5-9-16(15)22)13-27-19(28)21(23-20(27)29)10-6-3-7-11-21/h4-5,8-9,14H,3,6-7,10-13H2,1-2H3,(H,23,29). The van der Waals surface area contributed by atoms with E-state index >= 15 is 0 Å². The summed E-state index contributed by atoms with van der Waals surface area (Å²) in [4.78, 5) is 29.0. The fraction of sp³-hybridized carbons (Fsp3) is 0.524. The minimum Gasteiger partial charge on any atom is -0.419 e. The molecule has 2 fully saturated rings. The minimum atomic E-state index is -0.713. The number of aromatic nitrogens is 2. The van der Waals surface area contributed by atoms with E-state index in [1.54, 1.807) is 0 Å². The van der Waals surface area contributed by atoms with Crippen molar-refractivity contribution in [3.63, 3.8) is 0 Å². The molecule has 1 spiro atoms. The van der Waals surface area contributed by atoms with Crippen molar-refractivity contribution in [3.05, 3.63) is 34.6 Å². The third-order valence-electron chi connectivity index (χ3n) is 5.92. The summed E-state index contributed by atoms with van der Waals surface area (Å²) in [6.07, 6.45) is 4.48. The van der Waals surface area contributed by atoms with Gasteiger partial charge in [-0.2, -0.15) is 0 Å². The summed E-state index contributed by atoms with van der Waals surface area (Å²) in [6, 6.07) is 7.40. The monoisotopic (exact) mass is 475 g/mol. The molecule has 2 aliphatic rings. The van der Waals surface area contributed by atoms with Gasteiger partial charge < -0.3 is 9.73 Å². The van der Waals surface area contributed by atoms with Gasteiger partial charge in [0.1, 0.15) is 5.54 Å². The Hall–Kier alpha value is -2.26. The second kappa shape index (κ2) is 8.47. The van der Waals surface area contributed by atoms with Gasteiger partial charge in [0, 0.05) is 10.5 Å². The number of hydrogen-bond donors (Lipinski definition) is 1. The van der Waals surface area contributed by atoms with E-state index in [1.807, 2.05) is 43.0 Å². The molecule has 1 aliphatic carbocycles. The molecule has 1 aliphatic heterocycles. The quantitative estimate of drug-likeness (QED) is 0.636. The van der Waals surface area contributed by atoms with Crippen LogP contribution in [0.25, 0.3) is 11.5 Å². The highest BCUT2D eigenvalue weighted by Gasteiger charge is 2.51. The van der Waals surface area contributed by atoms with Crippen LogP contribution in [-0.4, -0.2) is 50.2 Å². The van der Waals surface area contributed by atoms with Crippen molar-refractivity contribution in [2.45, 2.75) is 64.1 Å². The Morgan fingerprint density at radius 2 is 1.93 bits per heavy atom. The van der Waals surface area contributed by atoms with E-state index in [-0.39, 0.29) is 24.6 Å². The number of nitrogens with zero attached hydrogens (tertiary/aromatic N) is 4. The summed E-state index contributed by atoms with van der Waals surface area (Å²) in [6.45, 7) is 4.57. The molecule has 3 amide bonds. The molecule has 0 radical (unpaired) electrons. The topological polar surface area (TPSA) is 91.6 Å². The zero-order valence-corrected chi connectivity index (χ0v) is 18.8. The smallest absolute Gasteiger partial charge is 0.326 e. The molecule has 2 heterocycles.